The fourth-order valence-corrected chi connectivity index (χ4v) is 7.06. The first-order valence-corrected chi connectivity index (χ1v) is 15.9. The molecule has 2 aliphatic heterocycles. The van der Waals surface area contributed by atoms with E-state index in [9.17, 15) is 4.79 Å². The van der Waals surface area contributed by atoms with E-state index in [2.05, 4.69) is 76.6 Å². The Labute approximate surface area is 272 Å². The zero-order valence-electron chi connectivity index (χ0n) is 28.2. The number of rotatable bonds is 8. The zero-order chi connectivity index (χ0) is 32.7. The minimum atomic E-state index is -0.854. The second-order valence-corrected chi connectivity index (χ2v) is 13.0. The molecule has 3 heterocycles. The van der Waals surface area contributed by atoms with Crippen LogP contribution in [0.25, 0.3) is 10.9 Å². The molecular weight excluding hydrogens is 578 g/mol. The number of pyridine rings is 1. The van der Waals surface area contributed by atoms with Gasteiger partial charge < -0.3 is 14.2 Å². The Morgan fingerprint density at radius 2 is 1.93 bits per heavy atom. The molecule has 0 aliphatic carbocycles. The minimum Gasteiger partial charge on any atom is -0.496 e. The summed E-state index contributed by atoms with van der Waals surface area (Å²) in [6.45, 7) is 10.4. The number of fused-ring (bicyclic) bond motifs is 3. The third-order valence-corrected chi connectivity index (χ3v) is 9.72. The van der Waals surface area contributed by atoms with Gasteiger partial charge in [0.15, 0.2) is 0 Å². The number of nitrogens with one attached hydrogen (secondary N) is 1. The number of anilines is 2. The maximum Gasteiger partial charge on any atom is 0.312 e. The second kappa shape index (κ2) is 12.5. The number of benzene rings is 3. The number of hydrogen-bond acceptors (Lipinski definition) is 9. The summed E-state index contributed by atoms with van der Waals surface area (Å²) in [4.78, 5) is 20.4. The smallest absolute Gasteiger partial charge is 0.312 e. The predicted molar refractivity (Wildman–Crippen MR) is 182 cm³/mol. The summed E-state index contributed by atoms with van der Waals surface area (Å²) >= 11 is 0. The van der Waals surface area contributed by atoms with Crippen LogP contribution < -0.4 is 19.9 Å². The molecule has 2 aliphatic rings. The number of hydrogen-bond donors (Lipinski definition) is 1. The van der Waals surface area contributed by atoms with Gasteiger partial charge in [0.1, 0.15) is 17.6 Å². The van der Waals surface area contributed by atoms with Gasteiger partial charge in [0.25, 0.3) is 0 Å². The van der Waals surface area contributed by atoms with E-state index in [-0.39, 0.29) is 18.0 Å². The number of ether oxygens (including phenoxy) is 3. The summed E-state index contributed by atoms with van der Waals surface area (Å²) in [5.74, 6) is 1.20. The summed E-state index contributed by atoms with van der Waals surface area (Å²) in [6.07, 6.45) is 2.77. The summed E-state index contributed by atoms with van der Waals surface area (Å²) in [5, 5.41) is 5.11. The Bertz CT molecular complexity index is 1770. The van der Waals surface area contributed by atoms with Crippen molar-refractivity contribution in [2.24, 2.45) is 5.41 Å². The van der Waals surface area contributed by atoms with E-state index in [1.54, 1.807) is 7.11 Å². The van der Waals surface area contributed by atoms with Crippen LogP contribution >= 0.6 is 0 Å². The van der Waals surface area contributed by atoms with Crippen LogP contribution in [0, 0.1) is 12.3 Å². The molecule has 0 bridgehead atoms. The van der Waals surface area contributed by atoms with Crippen molar-refractivity contribution in [2.75, 3.05) is 45.3 Å². The lowest BCUT2D eigenvalue weighted by molar-refractivity contribution is -0.151. The summed E-state index contributed by atoms with van der Waals surface area (Å²) in [7, 11) is 7.19. The fraction of sp³-hybridized carbons (Fsp3) is 0.405. The molecule has 0 radical (unpaired) electrons. The number of aromatic nitrogens is 1. The van der Waals surface area contributed by atoms with Crippen LogP contribution in [0.3, 0.4) is 0 Å². The molecule has 242 valence electrons. The fourth-order valence-electron chi connectivity index (χ4n) is 7.06. The Morgan fingerprint density at radius 3 is 2.67 bits per heavy atom. The Balaban J connectivity index is 1.41. The maximum atomic E-state index is 13.4. The van der Waals surface area contributed by atoms with Crippen molar-refractivity contribution < 1.29 is 19.0 Å². The first-order valence-electron chi connectivity index (χ1n) is 15.9. The Hall–Kier alpha value is -4.34. The Kier molecular flexibility index (Phi) is 8.56. The van der Waals surface area contributed by atoms with E-state index in [4.69, 9.17) is 14.2 Å². The normalized spacial score (nSPS) is 17.5. The van der Waals surface area contributed by atoms with Gasteiger partial charge in [-0.05, 0) is 74.2 Å². The van der Waals surface area contributed by atoms with Crippen molar-refractivity contribution in [2.45, 2.75) is 59.2 Å². The van der Waals surface area contributed by atoms with Crippen LogP contribution in [0.2, 0.25) is 0 Å². The van der Waals surface area contributed by atoms with E-state index in [1.807, 2.05) is 51.4 Å². The highest BCUT2D eigenvalue weighted by molar-refractivity contribution is 5.82. The highest BCUT2D eigenvalue weighted by Crippen LogP contribution is 2.48. The lowest BCUT2D eigenvalue weighted by atomic mass is 9.69. The van der Waals surface area contributed by atoms with Gasteiger partial charge in [-0.25, -0.2) is 0 Å². The van der Waals surface area contributed by atoms with Gasteiger partial charge >= 0.3 is 5.97 Å². The first-order chi connectivity index (χ1) is 22.0. The molecule has 46 heavy (non-hydrogen) atoms. The van der Waals surface area contributed by atoms with Crippen molar-refractivity contribution in [3.8, 4) is 11.5 Å². The molecule has 2 atom stereocenters. The molecular formula is C37H45N5O4. The maximum absolute atomic E-state index is 13.4. The van der Waals surface area contributed by atoms with Gasteiger partial charge in [-0.3, -0.25) is 25.1 Å². The zero-order valence-corrected chi connectivity index (χ0v) is 28.2. The summed E-state index contributed by atoms with van der Waals surface area (Å²) in [5.41, 5.74) is 11.1. The van der Waals surface area contributed by atoms with Crippen LogP contribution in [0.15, 0.2) is 60.8 Å². The highest BCUT2D eigenvalue weighted by Gasteiger charge is 2.42. The van der Waals surface area contributed by atoms with E-state index < -0.39 is 5.41 Å². The second-order valence-electron chi connectivity index (χ2n) is 13.0. The number of nitrogens with zero attached hydrogens (tertiary/aromatic N) is 4. The van der Waals surface area contributed by atoms with Gasteiger partial charge in [0, 0.05) is 62.4 Å². The molecule has 9 heteroatoms. The average Bonchev–Trinajstić information content (AvgIpc) is 3.23. The monoisotopic (exact) mass is 623 g/mol. The van der Waals surface area contributed by atoms with Crippen LogP contribution in [-0.2, 0) is 22.6 Å². The number of hydrazine groups is 2. The van der Waals surface area contributed by atoms with E-state index in [0.717, 1.165) is 81.1 Å². The van der Waals surface area contributed by atoms with Gasteiger partial charge in [0.2, 0.25) is 0 Å². The number of esters is 1. The van der Waals surface area contributed by atoms with Crippen LogP contribution in [-0.4, -0.2) is 61.9 Å². The van der Waals surface area contributed by atoms with Crippen LogP contribution in [0.5, 0.6) is 11.5 Å². The van der Waals surface area contributed by atoms with Crippen molar-refractivity contribution in [1.29, 1.82) is 0 Å². The molecule has 0 amide bonds. The van der Waals surface area contributed by atoms with Gasteiger partial charge in [-0.15, -0.1) is 5.12 Å². The molecule has 3 aromatic carbocycles. The van der Waals surface area contributed by atoms with Gasteiger partial charge in [0.05, 0.1) is 36.5 Å². The predicted octanol–water partition coefficient (Wildman–Crippen LogP) is 6.68. The molecule has 0 spiro atoms. The largest absolute Gasteiger partial charge is 0.496 e. The molecule has 1 N–H and O–H groups in total. The lowest BCUT2D eigenvalue weighted by Crippen LogP contribution is -2.34. The van der Waals surface area contributed by atoms with Crippen LogP contribution in [0.1, 0.15) is 60.9 Å². The third-order valence-electron chi connectivity index (χ3n) is 9.72. The van der Waals surface area contributed by atoms with Crippen molar-refractivity contribution in [3.05, 3.63) is 88.6 Å². The Morgan fingerprint density at radius 1 is 1.13 bits per heavy atom. The number of methoxy groups -OCH3 is 2. The van der Waals surface area contributed by atoms with E-state index >= 15 is 0 Å². The van der Waals surface area contributed by atoms with E-state index in [0.29, 0.717) is 6.54 Å². The standard InChI is InChI=1S/C37H45N5O4/c1-9-28-22-42(21-27-18-30-24(11-10-16-38-30)19-33(27)46-28)20-26-17-25(12-15-32(26)44-7)34(37(3,4)36(43)45-8)29-13-14-31-35(23(29)2)39-41(6)40(31)5/h10-19,28,34,39H,9,20-22H2,1-8H3/t28-,34?/m1/s1. The number of carbonyl (C=O) groups is 1. The number of carbonyl (C=O) groups excluding carboxylic acids is 1. The molecule has 6 rings (SSSR count). The third kappa shape index (κ3) is 5.62. The quantitative estimate of drug-likeness (QED) is 0.216. The van der Waals surface area contributed by atoms with E-state index in [1.165, 1.54) is 7.11 Å². The highest BCUT2D eigenvalue weighted by atomic mass is 16.5. The molecule has 0 fully saturated rings. The molecule has 1 unspecified atom stereocenters. The molecule has 0 saturated heterocycles. The first kappa shape index (κ1) is 31.6. The molecule has 4 aromatic rings. The topological polar surface area (TPSA) is 79.4 Å². The van der Waals surface area contributed by atoms with Gasteiger partial charge in [-0.2, -0.15) is 0 Å². The van der Waals surface area contributed by atoms with Crippen LogP contribution in [0.4, 0.5) is 11.4 Å². The SMILES string of the molecule is CC[C@@H]1CN(Cc2cc(C(c3ccc4c(c3C)NN(C)N4C)C(C)(C)C(=O)OC)ccc2OC)Cc2cc3ncccc3cc2O1. The summed E-state index contributed by atoms with van der Waals surface area (Å²) in [6, 6.07) is 18.9. The molecule has 9 nitrogen and oxygen atoms in total. The van der Waals surface area contributed by atoms with Crippen molar-refractivity contribution in [3.63, 3.8) is 0 Å². The molecule has 0 saturated carbocycles. The average molecular weight is 624 g/mol. The van der Waals surface area contributed by atoms with Gasteiger partial charge in [-0.1, -0.05) is 31.2 Å². The molecule has 1 aromatic heterocycles. The lowest BCUT2D eigenvalue weighted by Gasteiger charge is -2.34. The van der Waals surface area contributed by atoms with Crippen molar-refractivity contribution in [1.82, 2.24) is 15.0 Å². The minimum absolute atomic E-state index is 0.0494. The summed E-state index contributed by atoms with van der Waals surface area (Å²) < 4.78 is 17.8. The van der Waals surface area contributed by atoms with Crippen molar-refractivity contribution >= 4 is 28.2 Å².